The van der Waals surface area contributed by atoms with Crippen LogP contribution in [0.1, 0.15) is 40.4 Å². The lowest BCUT2D eigenvalue weighted by molar-refractivity contribution is -0.0429. The predicted octanol–water partition coefficient (Wildman–Crippen LogP) is 5.57. The average Bonchev–Trinajstić information content (AvgIpc) is 3.39. The highest BCUT2D eigenvalue weighted by Crippen LogP contribution is 2.49. The monoisotopic (exact) mass is 628 g/mol. The molecule has 1 aromatic heterocycles. The number of imidazole rings is 1. The number of amides is 1. The minimum absolute atomic E-state index is 0.0889. The van der Waals surface area contributed by atoms with E-state index in [1.165, 1.54) is 30.7 Å². The maximum absolute atomic E-state index is 13.2. The number of nitrogens with zero attached hydrogens (tertiary/aromatic N) is 1. The van der Waals surface area contributed by atoms with Crippen molar-refractivity contribution in [3.8, 4) is 22.3 Å². The zero-order valence-corrected chi connectivity index (χ0v) is 23.1. The number of aryl methyl sites for hydroxylation is 1. The number of para-hydroxylation sites is 1. The fourth-order valence-electron chi connectivity index (χ4n) is 4.35. The van der Waals surface area contributed by atoms with Crippen LogP contribution in [-0.2, 0) is 21.2 Å². The highest BCUT2D eigenvalue weighted by Gasteiger charge is 2.46. The zero-order valence-electron chi connectivity index (χ0n) is 20.7. The predicted molar refractivity (Wildman–Crippen MR) is 142 cm³/mol. The van der Waals surface area contributed by atoms with Crippen LogP contribution >= 0.6 is 15.9 Å². The van der Waals surface area contributed by atoms with Crippen molar-refractivity contribution in [2.75, 3.05) is 17.9 Å². The summed E-state index contributed by atoms with van der Waals surface area (Å²) in [5.74, 6) is -0.679. The molecule has 0 spiro atoms. The van der Waals surface area contributed by atoms with E-state index >= 15 is 0 Å². The molecule has 0 radical (unpaired) electrons. The van der Waals surface area contributed by atoms with Crippen LogP contribution in [0, 0.1) is 6.92 Å². The van der Waals surface area contributed by atoms with Crippen molar-refractivity contribution in [2.24, 2.45) is 5.73 Å². The number of anilines is 1. The maximum Gasteiger partial charge on any atom is 0.516 e. The number of hydrogen-bond donors (Lipinski definition) is 3. The normalized spacial score (nSPS) is 13.1. The van der Waals surface area contributed by atoms with Crippen molar-refractivity contribution in [1.82, 2.24) is 9.97 Å². The number of fused-ring (bicyclic) bond motifs is 1. The van der Waals surface area contributed by atoms with Crippen molar-refractivity contribution < 1.29 is 35.5 Å². The van der Waals surface area contributed by atoms with Gasteiger partial charge in [-0.3, -0.25) is 9.52 Å². The number of rotatable bonds is 10. The number of carbonyl (C=O) groups is 1. The topological polar surface area (TPSA) is 140 Å². The lowest BCUT2D eigenvalue weighted by Gasteiger charge is -2.18. The minimum Gasteiger partial charge on any atom is -0.472 e. The minimum atomic E-state index is -5.69. The Kier molecular flexibility index (Phi) is 8.09. The van der Waals surface area contributed by atoms with Crippen LogP contribution in [0.4, 0.5) is 18.9 Å². The van der Waals surface area contributed by atoms with E-state index in [1.807, 2.05) is 6.92 Å². The average molecular weight is 629 g/mol. The van der Waals surface area contributed by atoms with Crippen molar-refractivity contribution in [3.63, 3.8) is 0 Å². The van der Waals surface area contributed by atoms with E-state index in [0.717, 1.165) is 5.56 Å². The third kappa shape index (κ3) is 5.68. The summed E-state index contributed by atoms with van der Waals surface area (Å²) < 4.78 is 76.9. The molecule has 1 aromatic carbocycles. The van der Waals surface area contributed by atoms with Crippen LogP contribution in [0.5, 0.6) is 0 Å². The van der Waals surface area contributed by atoms with Gasteiger partial charge in [-0.05, 0) is 59.5 Å². The molecule has 1 aliphatic heterocycles. The van der Waals surface area contributed by atoms with Crippen LogP contribution in [0.15, 0.2) is 51.7 Å². The third-order valence-corrected chi connectivity index (χ3v) is 8.04. The van der Waals surface area contributed by atoms with E-state index < -0.39 is 27.4 Å². The van der Waals surface area contributed by atoms with Crippen molar-refractivity contribution in [2.45, 2.75) is 31.7 Å². The number of nitrogens with two attached hydrogens (primary N) is 1. The second-order valence-electron chi connectivity index (χ2n) is 8.67. The molecule has 2 aliphatic rings. The summed E-state index contributed by atoms with van der Waals surface area (Å²) in [5.41, 5.74) is 2.96. The van der Waals surface area contributed by atoms with Gasteiger partial charge >= 0.3 is 15.5 Å². The maximum atomic E-state index is 13.2. The smallest absolute Gasteiger partial charge is 0.472 e. The number of sulfonamides is 1. The first-order valence-electron chi connectivity index (χ1n) is 11.6. The van der Waals surface area contributed by atoms with Gasteiger partial charge in [0.15, 0.2) is 0 Å². The lowest BCUT2D eigenvalue weighted by atomic mass is 9.92. The molecule has 4 N–H and O–H groups in total. The van der Waals surface area contributed by atoms with Gasteiger partial charge in [0, 0.05) is 39.4 Å². The number of benzene rings is 1. The second kappa shape index (κ2) is 11.0. The van der Waals surface area contributed by atoms with E-state index in [2.05, 4.69) is 25.9 Å². The Bertz CT molecular complexity index is 1580. The van der Waals surface area contributed by atoms with E-state index in [1.54, 1.807) is 23.8 Å². The summed E-state index contributed by atoms with van der Waals surface area (Å²) in [6.07, 6.45) is 3.20. The number of alkyl halides is 3. The summed E-state index contributed by atoms with van der Waals surface area (Å²) in [6.45, 7) is 4.09. The number of carbonyl (C=O) groups excluding carboxylic acids is 1. The standard InChI is InChI=1S/C25H24BrF3N4O5S/c1-3-37-11-14(24-31-13(2)22(32-24)23(30)34)10-17-15-8-9-38-12-18(15)21(26)20(17)16-6-4-5-7-19(16)33-39(35,36)25(27,28)29/h4-9,12,14,33H,3,10-11H2,1-2H3,(H2,30,34)(H,31,32). The first kappa shape index (κ1) is 28.6. The number of ether oxygens (including phenoxy) is 1. The summed E-state index contributed by atoms with van der Waals surface area (Å²) in [7, 11) is -5.69. The lowest BCUT2D eigenvalue weighted by Crippen LogP contribution is -2.30. The van der Waals surface area contributed by atoms with Gasteiger partial charge in [0.1, 0.15) is 11.5 Å². The fraction of sp³-hybridized carbons (Fsp3) is 0.280. The molecule has 0 bridgehead atoms. The molecule has 2 aromatic rings. The molecule has 1 atom stereocenters. The molecule has 0 fully saturated rings. The Morgan fingerprint density at radius 3 is 2.59 bits per heavy atom. The molecule has 4 rings (SSSR count). The SMILES string of the molecule is CCOCC(Cc1c2ccocc-2c(Br)c1-c1ccccc1NS(=O)(=O)C(F)(F)F)c1nc(C(N)=O)c(C)[nH]1. The van der Waals surface area contributed by atoms with Gasteiger partial charge in [0.25, 0.3) is 5.91 Å². The fourth-order valence-corrected chi connectivity index (χ4v) is 5.69. The zero-order chi connectivity index (χ0) is 28.5. The van der Waals surface area contributed by atoms with Gasteiger partial charge in [0.05, 0.1) is 24.8 Å². The Hall–Kier alpha value is -3.36. The van der Waals surface area contributed by atoms with E-state index in [-0.39, 0.29) is 30.0 Å². The van der Waals surface area contributed by atoms with Gasteiger partial charge in [-0.2, -0.15) is 21.6 Å². The number of aromatic nitrogens is 2. The van der Waals surface area contributed by atoms with E-state index in [4.69, 9.17) is 14.9 Å². The number of hydrogen-bond acceptors (Lipinski definition) is 6. The van der Waals surface area contributed by atoms with Crippen LogP contribution < -0.4 is 10.5 Å². The Morgan fingerprint density at radius 2 is 1.95 bits per heavy atom. The number of aromatic amines is 1. The Balaban J connectivity index is 1.89. The molecule has 1 aliphatic carbocycles. The van der Waals surface area contributed by atoms with Crippen LogP contribution in [-0.4, -0.2) is 43.0 Å². The van der Waals surface area contributed by atoms with Gasteiger partial charge in [-0.1, -0.05) is 18.2 Å². The van der Waals surface area contributed by atoms with E-state index in [9.17, 15) is 26.4 Å². The number of H-pyrrole nitrogens is 1. The Morgan fingerprint density at radius 1 is 1.23 bits per heavy atom. The van der Waals surface area contributed by atoms with Crippen molar-refractivity contribution >= 4 is 37.5 Å². The summed E-state index contributed by atoms with van der Waals surface area (Å²) in [5, 5.41) is 0. The van der Waals surface area contributed by atoms with E-state index in [0.29, 0.717) is 39.3 Å². The highest BCUT2D eigenvalue weighted by atomic mass is 79.9. The molecule has 1 amide bonds. The van der Waals surface area contributed by atoms with Crippen molar-refractivity contribution in [1.29, 1.82) is 0 Å². The van der Waals surface area contributed by atoms with Crippen LogP contribution in [0.2, 0.25) is 0 Å². The van der Waals surface area contributed by atoms with Crippen molar-refractivity contribution in [3.05, 3.63) is 70.1 Å². The number of halogens is 4. The first-order chi connectivity index (χ1) is 18.4. The van der Waals surface area contributed by atoms with Crippen LogP contribution in [0.25, 0.3) is 22.3 Å². The van der Waals surface area contributed by atoms with Crippen LogP contribution in [0.3, 0.4) is 0 Å². The molecule has 1 unspecified atom stereocenters. The second-order valence-corrected chi connectivity index (χ2v) is 11.1. The molecule has 208 valence electrons. The summed E-state index contributed by atoms with van der Waals surface area (Å²) in [6, 6.07) is 7.50. The molecular formula is C25H24BrF3N4O5S. The first-order valence-corrected chi connectivity index (χ1v) is 13.9. The number of nitrogens with one attached hydrogen (secondary N) is 2. The molecule has 39 heavy (non-hydrogen) atoms. The van der Waals surface area contributed by atoms with Gasteiger partial charge in [-0.15, -0.1) is 0 Å². The van der Waals surface area contributed by atoms with Gasteiger partial charge in [0.2, 0.25) is 0 Å². The number of primary amides is 1. The largest absolute Gasteiger partial charge is 0.516 e. The third-order valence-electron chi connectivity index (χ3n) is 6.11. The van der Waals surface area contributed by atoms with Gasteiger partial charge in [-0.25, -0.2) is 4.98 Å². The summed E-state index contributed by atoms with van der Waals surface area (Å²) in [4.78, 5) is 19.3. The van der Waals surface area contributed by atoms with Gasteiger partial charge < -0.3 is 19.9 Å². The quantitative estimate of drug-likeness (QED) is 0.210. The molecule has 0 saturated carbocycles. The highest BCUT2D eigenvalue weighted by molar-refractivity contribution is 9.10. The molecule has 14 heteroatoms. The molecular weight excluding hydrogens is 605 g/mol. The summed E-state index contributed by atoms with van der Waals surface area (Å²) >= 11 is 3.55. The molecule has 9 nitrogen and oxygen atoms in total. The molecule has 0 saturated heterocycles. The Labute approximate surface area is 230 Å². The molecule has 2 heterocycles.